The van der Waals surface area contributed by atoms with Crippen LogP contribution in [0.4, 0.5) is 11.4 Å². The summed E-state index contributed by atoms with van der Waals surface area (Å²) in [4.78, 5) is 32.7. The maximum Gasteiger partial charge on any atom is 0.357 e. The Morgan fingerprint density at radius 3 is 2.28 bits per heavy atom. The van der Waals surface area contributed by atoms with E-state index in [0.717, 1.165) is 38.4 Å². The van der Waals surface area contributed by atoms with E-state index in [2.05, 4.69) is 44.4 Å². The molecule has 2 heterocycles. The quantitative estimate of drug-likeness (QED) is 0.581. The third-order valence-corrected chi connectivity index (χ3v) is 5.35. The molecule has 0 unspecified atom stereocenters. The van der Waals surface area contributed by atoms with E-state index in [4.69, 9.17) is 4.74 Å². The topological polar surface area (TPSA) is 74.8 Å². The molecule has 0 atom stereocenters. The SMILES string of the molecule is O=C(COC(=O)c1ccccn1)Nc1ccc(N2CCN(Cc3ccccc3)CC2)cc1. The Balaban J connectivity index is 1.22. The van der Waals surface area contributed by atoms with Gasteiger partial charge in [0.05, 0.1) is 0 Å². The maximum absolute atomic E-state index is 12.1. The zero-order chi connectivity index (χ0) is 22.2. The second-order valence-corrected chi connectivity index (χ2v) is 7.63. The first kappa shape index (κ1) is 21.5. The molecule has 0 bridgehead atoms. The number of hydrogen-bond acceptors (Lipinski definition) is 6. The number of carbonyl (C=O) groups excluding carboxylic acids is 2. The summed E-state index contributed by atoms with van der Waals surface area (Å²) in [5, 5.41) is 2.75. The van der Waals surface area contributed by atoms with Gasteiger partial charge in [-0.1, -0.05) is 36.4 Å². The summed E-state index contributed by atoms with van der Waals surface area (Å²) in [7, 11) is 0. The lowest BCUT2D eigenvalue weighted by Gasteiger charge is -2.36. The highest BCUT2D eigenvalue weighted by molar-refractivity contribution is 5.94. The fraction of sp³-hybridized carbons (Fsp3) is 0.240. The van der Waals surface area contributed by atoms with Gasteiger partial charge in [-0.15, -0.1) is 0 Å². The van der Waals surface area contributed by atoms with E-state index < -0.39 is 11.9 Å². The standard InChI is InChI=1S/C25H26N4O3/c30-24(19-32-25(31)23-8-4-5-13-26-23)27-21-9-11-22(12-10-21)29-16-14-28(15-17-29)18-20-6-2-1-3-7-20/h1-13H,14-19H2,(H,27,30). The number of hydrogen-bond donors (Lipinski definition) is 1. The minimum atomic E-state index is -0.623. The molecule has 0 spiro atoms. The summed E-state index contributed by atoms with van der Waals surface area (Å²) in [6, 6.07) is 23.2. The van der Waals surface area contributed by atoms with Crippen LogP contribution in [0.2, 0.25) is 0 Å². The molecule has 1 amide bonds. The molecule has 1 aliphatic heterocycles. The van der Waals surface area contributed by atoms with Crippen molar-refractivity contribution >= 4 is 23.3 Å². The van der Waals surface area contributed by atoms with E-state index in [-0.39, 0.29) is 12.3 Å². The Morgan fingerprint density at radius 2 is 1.59 bits per heavy atom. The summed E-state index contributed by atoms with van der Waals surface area (Å²) in [5.74, 6) is -1.01. The first-order chi connectivity index (χ1) is 15.7. The molecule has 1 fully saturated rings. The number of carbonyl (C=O) groups is 2. The van der Waals surface area contributed by atoms with Gasteiger partial charge in [0.15, 0.2) is 6.61 Å². The van der Waals surface area contributed by atoms with Gasteiger partial charge in [-0.2, -0.15) is 0 Å². The van der Waals surface area contributed by atoms with Crippen LogP contribution in [0.5, 0.6) is 0 Å². The van der Waals surface area contributed by atoms with E-state index in [1.807, 2.05) is 30.3 Å². The summed E-state index contributed by atoms with van der Waals surface area (Å²) in [6.45, 7) is 4.55. The molecule has 0 aliphatic carbocycles. The van der Waals surface area contributed by atoms with Gasteiger partial charge >= 0.3 is 5.97 Å². The van der Waals surface area contributed by atoms with Crippen LogP contribution in [0.1, 0.15) is 16.1 Å². The highest BCUT2D eigenvalue weighted by atomic mass is 16.5. The lowest BCUT2D eigenvalue weighted by Crippen LogP contribution is -2.45. The molecule has 164 valence electrons. The van der Waals surface area contributed by atoms with Crippen LogP contribution in [-0.4, -0.2) is 54.5 Å². The van der Waals surface area contributed by atoms with E-state index >= 15 is 0 Å². The molecule has 7 heteroatoms. The van der Waals surface area contributed by atoms with E-state index in [1.165, 1.54) is 11.8 Å². The Kier molecular flexibility index (Phi) is 7.09. The summed E-state index contributed by atoms with van der Waals surface area (Å²) >= 11 is 0. The Bertz CT molecular complexity index is 1020. The third kappa shape index (κ3) is 5.92. The number of nitrogens with zero attached hydrogens (tertiary/aromatic N) is 3. The number of pyridine rings is 1. The van der Waals surface area contributed by atoms with Crippen molar-refractivity contribution in [2.45, 2.75) is 6.54 Å². The molecule has 7 nitrogen and oxygen atoms in total. The van der Waals surface area contributed by atoms with Crippen molar-refractivity contribution in [3.05, 3.63) is 90.3 Å². The van der Waals surface area contributed by atoms with Crippen LogP contribution < -0.4 is 10.2 Å². The van der Waals surface area contributed by atoms with Gasteiger partial charge in [0.1, 0.15) is 5.69 Å². The number of amides is 1. The molecule has 0 saturated carbocycles. The van der Waals surface area contributed by atoms with Crippen LogP contribution in [-0.2, 0) is 16.1 Å². The number of piperazine rings is 1. The number of esters is 1. The normalized spacial score (nSPS) is 14.1. The Labute approximate surface area is 187 Å². The molecule has 4 rings (SSSR count). The summed E-state index contributed by atoms with van der Waals surface area (Å²) < 4.78 is 5.01. The smallest absolute Gasteiger partial charge is 0.357 e. The van der Waals surface area contributed by atoms with Gasteiger partial charge < -0.3 is 15.0 Å². The van der Waals surface area contributed by atoms with Crippen LogP contribution in [0.3, 0.4) is 0 Å². The molecule has 3 aromatic rings. The molecular formula is C25H26N4O3. The highest BCUT2D eigenvalue weighted by Gasteiger charge is 2.17. The van der Waals surface area contributed by atoms with Crippen molar-refractivity contribution in [3.8, 4) is 0 Å². The number of aromatic nitrogens is 1. The predicted molar refractivity (Wildman–Crippen MR) is 124 cm³/mol. The van der Waals surface area contributed by atoms with Crippen LogP contribution in [0, 0.1) is 0 Å². The van der Waals surface area contributed by atoms with Gasteiger partial charge in [-0.05, 0) is 42.0 Å². The number of anilines is 2. The lowest BCUT2D eigenvalue weighted by molar-refractivity contribution is -0.119. The fourth-order valence-corrected chi connectivity index (χ4v) is 3.65. The molecule has 1 N–H and O–H groups in total. The largest absolute Gasteiger partial charge is 0.451 e. The molecule has 0 radical (unpaired) electrons. The fourth-order valence-electron chi connectivity index (χ4n) is 3.65. The predicted octanol–water partition coefficient (Wildman–Crippen LogP) is 3.20. The molecule has 1 saturated heterocycles. The van der Waals surface area contributed by atoms with Crippen LogP contribution >= 0.6 is 0 Å². The van der Waals surface area contributed by atoms with Crippen molar-refractivity contribution in [1.82, 2.24) is 9.88 Å². The van der Waals surface area contributed by atoms with Gasteiger partial charge in [0.25, 0.3) is 5.91 Å². The molecular weight excluding hydrogens is 404 g/mol. The van der Waals surface area contributed by atoms with Gasteiger partial charge in [-0.25, -0.2) is 9.78 Å². The van der Waals surface area contributed by atoms with Gasteiger partial charge in [-0.3, -0.25) is 9.69 Å². The van der Waals surface area contributed by atoms with Crippen molar-refractivity contribution in [3.63, 3.8) is 0 Å². The van der Waals surface area contributed by atoms with Gasteiger partial charge in [0, 0.05) is 50.3 Å². The first-order valence-corrected chi connectivity index (χ1v) is 10.7. The van der Waals surface area contributed by atoms with E-state index in [1.54, 1.807) is 18.2 Å². The maximum atomic E-state index is 12.1. The monoisotopic (exact) mass is 430 g/mol. The number of ether oxygens (including phenoxy) is 1. The number of benzene rings is 2. The van der Waals surface area contributed by atoms with E-state index in [9.17, 15) is 9.59 Å². The lowest BCUT2D eigenvalue weighted by atomic mass is 10.2. The van der Waals surface area contributed by atoms with Crippen molar-refractivity contribution in [2.75, 3.05) is 43.0 Å². The number of rotatable bonds is 7. The second kappa shape index (κ2) is 10.5. The van der Waals surface area contributed by atoms with Crippen molar-refractivity contribution < 1.29 is 14.3 Å². The van der Waals surface area contributed by atoms with E-state index in [0.29, 0.717) is 5.69 Å². The van der Waals surface area contributed by atoms with Crippen molar-refractivity contribution in [1.29, 1.82) is 0 Å². The Hall–Kier alpha value is -3.71. The summed E-state index contributed by atoms with van der Waals surface area (Å²) in [5.41, 5.74) is 3.31. The third-order valence-electron chi connectivity index (χ3n) is 5.35. The average molecular weight is 431 g/mol. The molecule has 32 heavy (non-hydrogen) atoms. The zero-order valence-corrected chi connectivity index (χ0v) is 17.8. The number of nitrogens with one attached hydrogen (secondary N) is 1. The second-order valence-electron chi connectivity index (χ2n) is 7.63. The van der Waals surface area contributed by atoms with Crippen LogP contribution in [0.15, 0.2) is 79.0 Å². The molecule has 1 aliphatic rings. The molecule has 2 aromatic carbocycles. The van der Waals surface area contributed by atoms with Crippen LogP contribution in [0.25, 0.3) is 0 Å². The minimum absolute atomic E-state index is 0.175. The van der Waals surface area contributed by atoms with Crippen molar-refractivity contribution in [2.24, 2.45) is 0 Å². The summed E-state index contributed by atoms with van der Waals surface area (Å²) in [6.07, 6.45) is 1.50. The van der Waals surface area contributed by atoms with Gasteiger partial charge in [0.2, 0.25) is 0 Å². The first-order valence-electron chi connectivity index (χ1n) is 10.7. The average Bonchev–Trinajstić information content (AvgIpc) is 2.85. The Morgan fingerprint density at radius 1 is 0.875 bits per heavy atom. The minimum Gasteiger partial charge on any atom is -0.451 e. The molecule has 1 aromatic heterocycles. The highest BCUT2D eigenvalue weighted by Crippen LogP contribution is 2.20. The zero-order valence-electron chi connectivity index (χ0n) is 17.8.